The van der Waals surface area contributed by atoms with Crippen LogP contribution in [0.4, 0.5) is 16.2 Å². The summed E-state index contributed by atoms with van der Waals surface area (Å²) in [4.78, 5) is 31.2. The first kappa shape index (κ1) is 24.3. The average Bonchev–Trinajstić information content (AvgIpc) is 3.63. The molecule has 6 nitrogen and oxygen atoms in total. The summed E-state index contributed by atoms with van der Waals surface area (Å²) >= 11 is 6.39. The molecule has 1 atom stereocenters. The molecule has 192 valence electrons. The fourth-order valence-electron chi connectivity index (χ4n) is 5.24. The number of aryl methyl sites for hydroxylation is 2. The Kier molecular flexibility index (Phi) is 6.20. The fourth-order valence-corrected chi connectivity index (χ4v) is 5.44. The molecule has 1 aliphatic heterocycles. The second kappa shape index (κ2) is 9.69. The summed E-state index contributed by atoms with van der Waals surface area (Å²) in [5, 5.41) is 3.63. The van der Waals surface area contributed by atoms with Crippen LogP contribution in [-0.4, -0.2) is 34.0 Å². The van der Waals surface area contributed by atoms with Crippen molar-refractivity contribution in [1.82, 2.24) is 9.47 Å². The van der Waals surface area contributed by atoms with Crippen LogP contribution in [0.2, 0.25) is 5.02 Å². The van der Waals surface area contributed by atoms with E-state index in [1.54, 1.807) is 4.90 Å². The van der Waals surface area contributed by atoms with E-state index in [0.29, 0.717) is 5.02 Å². The normalized spacial score (nSPS) is 16.0. The molecule has 1 saturated carbocycles. The van der Waals surface area contributed by atoms with Gasteiger partial charge >= 0.3 is 6.03 Å². The van der Waals surface area contributed by atoms with E-state index in [-0.39, 0.29) is 30.6 Å². The summed E-state index contributed by atoms with van der Waals surface area (Å²) in [6.07, 6.45) is 3.80. The van der Waals surface area contributed by atoms with E-state index >= 15 is 0 Å². The van der Waals surface area contributed by atoms with Gasteiger partial charge in [-0.25, -0.2) is 4.79 Å². The topological polar surface area (TPSA) is 57.6 Å². The first-order chi connectivity index (χ1) is 18.4. The van der Waals surface area contributed by atoms with Crippen LogP contribution in [0.1, 0.15) is 41.3 Å². The summed E-state index contributed by atoms with van der Waals surface area (Å²) in [5.41, 5.74) is 6.61. The number of aromatic nitrogens is 1. The number of nitrogens with one attached hydrogen (secondary N) is 1. The predicted octanol–water partition coefficient (Wildman–Crippen LogP) is 6.88. The minimum Gasteiger partial charge on any atom is -0.316 e. The Hall–Kier alpha value is -4.03. The molecule has 1 aliphatic carbocycles. The van der Waals surface area contributed by atoms with Crippen molar-refractivity contribution in [2.75, 3.05) is 16.8 Å². The van der Waals surface area contributed by atoms with Gasteiger partial charge in [-0.2, -0.15) is 0 Å². The molecule has 2 heterocycles. The minimum absolute atomic E-state index is 0.0204. The minimum atomic E-state index is -0.380. The fraction of sp³-hybridized carbons (Fsp3) is 0.226. The van der Waals surface area contributed by atoms with Crippen LogP contribution < -0.4 is 10.2 Å². The molecule has 1 aromatic heterocycles. The van der Waals surface area contributed by atoms with Crippen LogP contribution in [0.25, 0.3) is 5.69 Å². The number of carbonyl (C=O) groups excluding carboxylic acids is 2. The third-order valence-electron chi connectivity index (χ3n) is 7.46. The number of carbonyl (C=O) groups is 2. The van der Waals surface area contributed by atoms with Crippen molar-refractivity contribution < 1.29 is 9.59 Å². The maximum atomic E-state index is 14.2. The molecule has 0 spiro atoms. The molecule has 4 aromatic rings. The number of benzene rings is 3. The smallest absolute Gasteiger partial charge is 0.316 e. The molecule has 0 bridgehead atoms. The van der Waals surface area contributed by atoms with Crippen LogP contribution in [0, 0.1) is 13.8 Å². The van der Waals surface area contributed by atoms with Crippen molar-refractivity contribution >= 4 is 34.9 Å². The van der Waals surface area contributed by atoms with Crippen LogP contribution in [0.5, 0.6) is 0 Å². The lowest BCUT2D eigenvalue weighted by atomic mass is 9.97. The highest BCUT2D eigenvalue weighted by Crippen LogP contribution is 2.43. The summed E-state index contributed by atoms with van der Waals surface area (Å²) in [5.74, 6) is -0.142. The van der Waals surface area contributed by atoms with E-state index in [1.165, 1.54) is 0 Å². The van der Waals surface area contributed by atoms with E-state index in [2.05, 4.69) is 9.88 Å². The van der Waals surface area contributed by atoms with Gasteiger partial charge < -0.3 is 14.8 Å². The van der Waals surface area contributed by atoms with Gasteiger partial charge in [-0.05, 0) is 91.9 Å². The highest BCUT2D eigenvalue weighted by Gasteiger charge is 2.40. The van der Waals surface area contributed by atoms with E-state index in [0.717, 1.165) is 52.3 Å². The van der Waals surface area contributed by atoms with Crippen molar-refractivity contribution in [2.45, 2.75) is 38.8 Å². The number of hydrogen-bond acceptors (Lipinski definition) is 2. The van der Waals surface area contributed by atoms with Crippen molar-refractivity contribution in [1.29, 1.82) is 0 Å². The molecule has 3 amide bonds. The van der Waals surface area contributed by atoms with Crippen LogP contribution in [0.15, 0.2) is 85.1 Å². The first-order valence-electron chi connectivity index (χ1n) is 12.9. The Balaban J connectivity index is 1.35. The van der Waals surface area contributed by atoms with Crippen LogP contribution >= 0.6 is 11.6 Å². The lowest BCUT2D eigenvalue weighted by Gasteiger charge is -2.39. The summed E-state index contributed by atoms with van der Waals surface area (Å²) in [7, 11) is 0. The maximum absolute atomic E-state index is 14.2. The Bertz CT molecular complexity index is 1540. The molecule has 1 unspecified atom stereocenters. The number of amides is 3. The number of halogens is 1. The molecule has 1 fully saturated rings. The van der Waals surface area contributed by atoms with Crippen molar-refractivity contribution in [3.63, 3.8) is 0 Å². The van der Waals surface area contributed by atoms with E-state index in [1.807, 2.05) is 104 Å². The predicted molar refractivity (Wildman–Crippen MR) is 151 cm³/mol. The van der Waals surface area contributed by atoms with E-state index < -0.39 is 0 Å². The second-order valence-electron chi connectivity index (χ2n) is 10.1. The average molecular weight is 525 g/mol. The molecule has 3 aromatic carbocycles. The quantitative estimate of drug-likeness (QED) is 0.309. The SMILES string of the molecule is Cc1ccc(NC(=O)N(CC(=O)N2c3ccccc3-n3cccc3C2c2cccc(Cl)c2)C2CC2)cc1C. The maximum Gasteiger partial charge on any atom is 0.322 e. The van der Waals surface area contributed by atoms with Crippen molar-refractivity contribution in [3.8, 4) is 5.69 Å². The zero-order chi connectivity index (χ0) is 26.4. The molecule has 1 N–H and O–H groups in total. The third-order valence-corrected chi connectivity index (χ3v) is 7.70. The number of hydrogen-bond donors (Lipinski definition) is 1. The van der Waals surface area contributed by atoms with Crippen molar-refractivity contribution in [2.24, 2.45) is 0 Å². The Labute approximate surface area is 227 Å². The van der Waals surface area contributed by atoms with Gasteiger partial charge in [0, 0.05) is 22.9 Å². The summed E-state index contributed by atoms with van der Waals surface area (Å²) in [6, 6.07) is 24.8. The van der Waals surface area contributed by atoms with E-state index in [4.69, 9.17) is 11.6 Å². The van der Waals surface area contributed by atoms with Gasteiger partial charge in [0.1, 0.15) is 12.6 Å². The van der Waals surface area contributed by atoms with Gasteiger partial charge in [0.15, 0.2) is 0 Å². The molecule has 6 rings (SSSR count). The Morgan fingerprint density at radius 3 is 2.45 bits per heavy atom. The van der Waals surface area contributed by atoms with Gasteiger partial charge in [0.25, 0.3) is 0 Å². The number of nitrogens with zero attached hydrogens (tertiary/aromatic N) is 3. The second-order valence-corrected chi connectivity index (χ2v) is 10.5. The summed E-state index contributed by atoms with van der Waals surface area (Å²) < 4.78 is 2.12. The summed E-state index contributed by atoms with van der Waals surface area (Å²) in [6.45, 7) is 4.04. The molecular formula is C31H29ClN4O2. The van der Waals surface area contributed by atoms with Crippen LogP contribution in [-0.2, 0) is 4.79 Å². The van der Waals surface area contributed by atoms with Gasteiger partial charge in [-0.3, -0.25) is 9.69 Å². The highest BCUT2D eigenvalue weighted by atomic mass is 35.5. The molecule has 38 heavy (non-hydrogen) atoms. The molecule has 0 radical (unpaired) electrons. The van der Waals surface area contributed by atoms with Gasteiger partial charge in [-0.1, -0.05) is 41.9 Å². The molecule has 2 aliphatic rings. The number of anilines is 2. The first-order valence-corrected chi connectivity index (χ1v) is 13.3. The third kappa shape index (κ3) is 4.45. The zero-order valence-corrected chi connectivity index (χ0v) is 22.2. The largest absolute Gasteiger partial charge is 0.322 e. The standard InChI is InChI=1S/C31H29ClN4O2/c1-20-12-13-24(17-21(20)2)33-31(38)35(25-14-15-25)19-29(37)36-27-10-4-3-9-26(27)34-16-6-11-28(34)30(36)22-7-5-8-23(32)18-22/h3-13,16-18,25,30H,14-15,19H2,1-2H3,(H,33,38). The molecular weight excluding hydrogens is 496 g/mol. The van der Waals surface area contributed by atoms with E-state index in [9.17, 15) is 9.59 Å². The highest BCUT2D eigenvalue weighted by molar-refractivity contribution is 6.30. The molecule has 7 heteroatoms. The zero-order valence-electron chi connectivity index (χ0n) is 21.4. The lowest BCUT2D eigenvalue weighted by molar-refractivity contribution is -0.119. The van der Waals surface area contributed by atoms with Gasteiger partial charge in [0.2, 0.25) is 5.91 Å². The lowest BCUT2D eigenvalue weighted by Crippen LogP contribution is -2.48. The van der Waals surface area contributed by atoms with Crippen molar-refractivity contribution in [3.05, 3.63) is 112 Å². The number of urea groups is 1. The monoisotopic (exact) mass is 524 g/mol. The Morgan fingerprint density at radius 1 is 0.921 bits per heavy atom. The number of rotatable bonds is 5. The number of para-hydroxylation sites is 2. The Morgan fingerprint density at radius 2 is 1.71 bits per heavy atom. The van der Waals surface area contributed by atoms with Crippen LogP contribution in [0.3, 0.4) is 0 Å². The molecule has 0 saturated heterocycles. The van der Waals surface area contributed by atoms with Gasteiger partial charge in [-0.15, -0.1) is 0 Å². The number of fused-ring (bicyclic) bond motifs is 3. The van der Waals surface area contributed by atoms with Gasteiger partial charge in [0.05, 0.1) is 17.1 Å².